The lowest BCUT2D eigenvalue weighted by molar-refractivity contribution is -0.128. The summed E-state index contributed by atoms with van der Waals surface area (Å²) in [5.74, 6) is 0.933. The van der Waals surface area contributed by atoms with Crippen LogP contribution >= 0.6 is 12.4 Å². The minimum atomic E-state index is -0.313. The van der Waals surface area contributed by atoms with E-state index in [1.54, 1.807) is 0 Å². The molecule has 2 rings (SSSR count). The van der Waals surface area contributed by atoms with Crippen molar-refractivity contribution in [2.75, 3.05) is 13.1 Å². The summed E-state index contributed by atoms with van der Waals surface area (Å²) in [5, 5.41) is 6.53. The second-order valence-corrected chi connectivity index (χ2v) is 5.93. The number of amides is 1. The summed E-state index contributed by atoms with van der Waals surface area (Å²) in [7, 11) is 0. The van der Waals surface area contributed by atoms with Crippen molar-refractivity contribution in [3.8, 4) is 0 Å². The van der Waals surface area contributed by atoms with E-state index >= 15 is 0 Å². The summed E-state index contributed by atoms with van der Waals surface area (Å²) in [6.07, 6.45) is 10.0. The fourth-order valence-corrected chi connectivity index (χ4v) is 3.07. The van der Waals surface area contributed by atoms with Gasteiger partial charge in [-0.1, -0.05) is 19.3 Å². The normalized spacial score (nSPS) is 29.4. The SMILES string of the molecule is CC1(C(=O)NCC2CCCCC2)CCCCN1.Cl. The fraction of sp³-hybridized carbons (Fsp3) is 0.929. The minimum absolute atomic E-state index is 0. The third-order valence-corrected chi connectivity index (χ3v) is 4.40. The Bertz CT molecular complexity index is 259. The van der Waals surface area contributed by atoms with E-state index in [4.69, 9.17) is 0 Å². The lowest BCUT2D eigenvalue weighted by Crippen LogP contribution is -2.57. The van der Waals surface area contributed by atoms with E-state index in [1.165, 1.54) is 44.9 Å². The number of piperidine rings is 1. The fourth-order valence-electron chi connectivity index (χ4n) is 3.07. The molecule has 1 aliphatic heterocycles. The second kappa shape index (κ2) is 7.34. The van der Waals surface area contributed by atoms with Crippen LogP contribution in [0, 0.1) is 5.92 Å². The topological polar surface area (TPSA) is 41.1 Å². The van der Waals surface area contributed by atoms with Crippen molar-refractivity contribution in [1.82, 2.24) is 10.6 Å². The number of halogens is 1. The van der Waals surface area contributed by atoms with Gasteiger partial charge >= 0.3 is 0 Å². The van der Waals surface area contributed by atoms with E-state index in [0.717, 1.165) is 25.4 Å². The molecule has 0 bridgehead atoms. The molecule has 0 aromatic carbocycles. The molecule has 18 heavy (non-hydrogen) atoms. The van der Waals surface area contributed by atoms with Gasteiger partial charge in [0.2, 0.25) is 5.91 Å². The molecule has 2 aliphatic rings. The van der Waals surface area contributed by atoms with Gasteiger partial charge in [0, 0.05) is 6.54 Å². The molecule has 106 valence electrons. The van der Waals surface area contributed by atoms with Crippen LogP contribution in [0.25, 0.3) is 0 Å². The standard InChI is InChI=1S/C14H26N2O.ClH/c1-14(9-5-6-10-16-14)13(17)15-11-12-7-3-2-4-8-12;/h12,16H,2-11H2,1H3,(H,15,17);1H. The van der Waals surface area contributed by atoms with E-state index in [9.17, 15) is 4.79 Å². The molecule has 2 fully saturated rings. The molecule has 1 saturated carbocycles. The van der Waals surface area contributed by atoms with Crippen molar-refractivity contribution in [2.45, 2.75) is 63.8 Å². The van der Waals surface area contributed by atoms with E-state index in [-0.39, 0.29) is 23.9 Å². The third kappa shape index (κ3) is 4.13. The van der Waals surface area contributed by atoms with Gasteiger partial charge in [-0.15, -0.1) is 12.4 Å². The van der Waals surface area contributed by atoms with Crippen molar-refractivity contribution < 1.29 is 4.79 Å². The van der Waals surface area contributed by atoms with Gasteiger partial charge < -0.3 is 10.6 Å². The Balaban J connectivity index is 0.00000162. The van der Waals surface area contributed by atoms with Crippen LogP contribution in [0.3, 0.4) is 0 Å². The van der Waals surface area contributed by atoms with Gasteiger partial charge in [-0.2, -0.15) is 0 Å². The van der Waals surface area contributed by atoms with Crippen molar-refractivity contribution in [3.63, 3.8) is 0 Å². The number of rotatable bonds is 3. The predicted octanol–water partition coefficient (Wildman–Crippen LogP) is 2.64. The van der Waals surface area contributed by atoms with E-state index in [2.05, 4.69) is 10.6 Å². The molecule has 0 radical (unpaired) electrons. The molecule has 1 aliphatic carbocycles. The first kappa shape index (κ1) is 15.8. The molecule has 3 nitrogen and oxygen atoms in total. The van der Waals surface area contributed by atoms with Crippen LogP contribution in [-0.2, 0) is 4.79 Å². The highest BCUT2D eigenvalue weighted by atomic mass is 35.5. The first-order valence-electron chi connectivity index (χ1n) is 7.24. The van der Waals surface area contributed by atoms with Gasteiger partial charge in [0.15, 0.2) is 0 Å². The summed E-state index contributed by atoms with van der Waals surface area (Å²) < 4.78 is 0. The second-order valence-electron chi connectivity index (χ2n) is 5.93. The highest BCUT2D eigenvalue weighted by Crippen LogP contribution is 2.23. The Labute approximate surface area is 117 Å². The first-order chi connectivity index (χ1) is 8.21. The monoisotopic (exact) mass is 274 g/mol. The molecular weight excluding hydrogens is 248 g/mol. The molecule has 1 atom stereocenters. The molecule has 1 heterocycles. The van der Waals surface area contributed by atoms with Crippen LogP contribution in [0.5, 0.6) is 0 Å². The van der Waals surface area contributed by atoms with Crippen molar-refractivity contribution in [2.24, 2.45) is 5.92 Å². The van der Waals surface area contributed by atoms with Crippen LogP contribution in [0.1, 0.15) is 58.3 Å². The number of nitrogens with one attached hydrogen (secondary N) is 2. The van der Waals surface area contributed by atoms with Gasteiger partial charge in [0.1, 0.15) is 0 Å². The lowest BCUT2D eigenvalue weighted by Gasteiger charge is -2.34. The molecule has 0 aromatic heterocycles. The van der Waals surface area contributed by atoms with Gasteiger partial charge in [0.25, 0.3) is 0 Å². The number of hydrogen-bond acceptors (Lipinski definition) is 2. The molecular formula is C14H27ClN2O. The zero-order chi connectivity index (χ0) is 12.1. The summed E-state index contributed by atoms with van der Waals surface area (Å²) in [4.78, 5) is 12.2. The molecule has 1 saturated heterocycles. The van der Waals surface area contributed by atoms with Gasteiger partial charge in [-0.05, 0) is 51.5 Å². The van der Waals surface area contributed by atoms with Crippen LogP contribution < -0.4 is 10.6 Å². The minimum Gasteiger partial charge on any atom is -0.354 e. The Kier molecular flexibility index (Phi) is 6.44. The summed E-state index contributed by atoms with van der Waals surface area (Å²) in [6, 6.07) is 0. The van der Waals surface area contributed by atoms with Crippen LogP contribution in [0.2, 0.25) is 0 Å². The molecule has 1 unspecified atom stereocenters. The van der Waals surface area contributed by atoms with Gasteiger partial charge in [-0.3, -0.25) is 4.79 Å². The summed E-state index contributed by atoms with van der Waals surface area (Å²) in [5.41, 5.74) is -0.313. The van der Waals surface area contributed by atoms with Gasteiger partial charge in [-0.25, -0.2) is 0 Å². The molecule has 4 heteroatoms. The van der Waals surface area contributed by atoms with Crippen LogP contribution in [0.4, 0.5) is 0 Å². The average molecular weight is 275 g/mol. The smallest absolute Gasteiger partial charge is 0.240 e. The Morgan fingerprint density at radius 1 is 1.22 bits per heavy atom. The third-order valence-electron chi connectivity index (χ3n) is 4.40. The number of carbonyl (C=O) groups is 1. The van der Waals surface area contributed by atoms with Crippen molar-refractivity contribution >= 4 is 18.3 Å². The first-order valence-corrected chi connectivity index (χ1v) is 7.24. The van der Waals surface area contributed by atoms with Crippen molar-refractivity contribution in [3.05, 3.63) is 0 Å². The highest BCUT2D eigenvalue weighted by molar-refractivity contribution is 5.86. The Morgan fingerprint density at radius 3 is 2.56 bits per heavy atom. The molecule has 2 N–H and O–H groups in total. The maximum absolute atomic E-state index is 12.2. The lowest BCUT2D eigenvalue weighted by atomic mass is 9.87. The van der Waals surface area contributed by atoms with Gasteiger partial charge in [0.05, 0.1) is 5.54 Å². The quantitative estimate of drug-likeness (QED) is 0.831. The number of hydrogen-bond donors (Lipinski definition) is 2. The van der Waals surface area contributed by atoms with Crippen LogP contribution in [0.15, 0.2) is 0 Å². The van der Waals surface area contributed by atoms with Crippen LogP contribution in [-0.4, -0.2) is 24.5 Å². The molecule has 0 aromatic rings. The highest BCUT2D eigenvalue weighted by Gasteiger charge is 2.34. The van der Waals surface area contributed by atoms with E-state index in [0.29, 0.717) is 0 Å². The summed E-state index contributed by atoms with van der Waals surface area (Å²) >= 11 is 0. The Morgan fingerprint density at radius 2 is 1.94 bits per heavy atom. The molecule has 1 amide bonds. The van der Waals surface area contributed by atoms with Crippen molar-refractivity contribution in [1.29, 1.82) is 0 Å². The maximum Gasteiger partial charge on any atom is 0.240 e. The van der Waals surface area contributed by atoms with E-state index in [1.807, 2.05) is 6.92 Å². The number of carbonyl (C=O) groups excluding carboxylic acids is 1. The largest absolute Gasteiger partial charge is 0.354 e. The van der Waals surface area contributed by atoms with E-state index < -0.39 is 0 Å². The summed E-state index contributed by atoms with van der Waals surface area (Å²) in [6.45, 7) is 3.91. The zero-order valence-corrected chi connectivity index (χ0v) is 12.3. The maximum atomic E-state index is 12.2. The average Bonchev–Trinajstić information content (AvgIpc) is 2.38. The zero-order valence-electron chi connectivity index (χ0n) is 11.5. The predicted molar refractivity (Wildman–Crippen MR) is 77.1 cm³/mol. The molecule has 0 spiro atoms. The Hall–Kier alpha value is -0.280.